The van der Waals surface area contributed by atoms with Gasteiger partial charge in [0, 0.05) is 6.07 Å². The first kappa shape index (κ1) is 10.1. The van der Waals surface area contributed by atoms with Gasteiger partial charge >= 0.3 is 6.20 Å². The Hall–Kier alpha value is -1.96. The Bertz CT molecular complexity index is 435. The van der Waals surface area contributed by atoms with Crippen molar-refractivity contribution in [3.05, 3.63) is 46.1 Å². The topological polar surface area (TPSA) is 48.4 Å². The van der Waals surface area contributed by atoms with Gasteiger partial charge in [0.1, 0.15) is 11.6 Å². The molecule has 0 spiro atoms. The van der Waals surface area contributed by atoms with Gasteiger partial charge in [0.15, 0.2) is 4.98 Å². The van der Waals surface area contributed by atoms with Gasteiger partial charge in [-0.3, -0.25) is 0 Å². The van der Waals surface area contributed by atoms with E-state index in [0.29, 0.717) is 12.3 Å². The summed E-state index contributed by atoms with van der Waals surface area (Å²) in [5.41, 5.74) is -0.0130. The number of hydrogen-bond donors (Lipinski definition) is 1. The summed E-state index contributed by atoms with van der Waals surface area (Å²) >= 11 is 0. The summed E-state index contributed by atoms with van der Waals surface area (Å²) < 4.78 is 25.8. The highest BCUT2D eigenvalue weighted by Crippen LogP contribution is 2.19. The predicted octanol–water partition coefficient (Wildman–Crippen LogP) is 2.98. The van der Waals surface area contributed by atoms with Crippen LogP contribution in [0, 0.1) is 24.0 Å². The second kappa shape index (κ2) is 3.83. The third-order valence-electron chi connectivity index (χ3n) is 1.70. The smallest absolute Gasteiger partial charge is 0.392 e. The van der Waals surface area contributed by atoms with Crippen molar-refractivity contribution >= 4 is 5.76 Å². The molecule has 0 heterocycles. The monoisotopic (exact) mass is 197 g/mol. The molecule has 0 atom stereocenters. The minimum absolute atomic E-state index is 0.194. The first-order valence-corrected chi connectivity index (χ1v) is 3.75. The number of diazo groups is 1. The van der Waals surface area contributed by atoms with Gasteiger partial charge in [0.25, 0.3) is 0 Å². The molecule has 1 N–H and O–H groups in total. The Labute approximate surface area is 78.9 Å². The maximum absolute atomic E-state index is 13.0. The van der Waals surface area contributed by atoms with Crippen molar-refractivity contribution < 1.29 is 13.9 Å². The van der Waals surface area contributed by atoms with E-state index in [1.54, 1.807) is 0 Å². The fourth-order valence-electron chi connectivity index (χ4n) is 0.978. The molecule has 1 rings (SSSR count). The standard InChI is InChI=1S/C9H6F2N2O/c1-5-2-6(9(14)4-13-12)8(11)3-7(5)10/h2-4H,1H3/p+1/b9-4+. The van der Waals surface area contributed by atoms with E-state index in [2.05, 4.69) is 4.98 Å². The average Bonchev–Trinajstić information content (AvgIpc) is 2.11. The molecule has 14 heavy (non-hydrogen) atoms. The molecule has 5 heteroatoms. The molecule has 0 unspecified atom stereocenters. The highest BCUT2D eigenvalue weighted by Gasteiger charge is 2.13. The summed E-state index contributed by atoms with van der Waals surface area (Å²) in [5.74, 6) is -2.17. The number of aliphatic hydroxyl groups is 1. The molecule has 1 aromatic carbocycles. The second-order valence-electron chi connectivity index (χ2n) is 2.71. The summed E-state index contributed by atoms with van der Waals surface area (Å²) in [4.78, 5) is 2.53. The fourth-order valence-corrected chi connectivity index (χ4v) is 0.978. The lowest BCUT2D eigenvalue weighted by Gasteiger charge is -2.01. The Balaban J connectivity index is 3.31. The normalized spacial score (nSPS) is 11.1. The molecular weight excluding hydrogens is 190 g/mol. The number of aliphatic hydroxyl groups excluding tert-OH is 1. The molecule has 0 saturated heterocycles. The number of benzene rings is 1. The zero-order chi connectivity index (χ0) is 10.7. The van der Waals surface area contributed by atoms with E-state index in [4.69, 9.17) is 10.5 Å². The lowest BCUT2D eigenvalue weighted by atomic mass is 10.1. The number of aryl methyl sites for hydroxylation is 1. The third kappa shape index (κ3) is 1.85. The highest BCUT2D eigenvalue weighted by atomic mass is 19.1. The van der Waals surface area contributed by atoms with Crippen LogP contribution in [0.4, 0.5) is 8.78 Å². The van der Waals surface area contributed by atoms with Crippen LogP contribution in [0.5, 0.6) is 0 Å². The summed E-state index contributed by atoms with van der Waals surface area (Å²) in [5, 5.41) is 17.3. The maximum atomic E-state index is 13.0. The molecule has 72 valence electrons. The molecular formula is C9H7F2N2O+. The van der Waals surface area contributed by atoms with Crippen molar-refractivity contribution in [2.45, 2.75) is 6.92 Å². The molecule has 0 fully saturated rings. The van der Waals surface area contributed by atoms with Crippen LogP contribution in [0.15, 0.2) is 18.3 Å². The minimum Gasteiger partial charge on any atom is -0.501 e. The predicted molar refractivity (Wildman–Crippen MR) is 46.8 cm³/mol. The molecule has 0 radical (unpaired) electrons. The van der Waals surface area contributed by atoms with Gasteiger partial charge in [-0.1, -0.05) is 0 Å². The molecule has 0 bridgehead atoms. The molecule has 0 aliphatic carbocycles. The molecule has 1 aromatic rings. The van der Waals surface area contributed by atoms with E-state index in [0.717, 1.165) is 6.07 Å². The van der Waals surface area contributed by atoms with Gasteiger partial charge in [-0.2, -0.15) is 0 Å². The van der Waals surface area contributed by atoms with Crippen LogP contribution in [-0.2, 0) is 0 Å². The Morgan fingerprint density at radius 1 is 1.43 bits per heavy atom. The van der Waals surface area contributed by atoms with Crippen molar-refractivity contribution in [3.63, 3.8) is 0 Å². The van der Waals surface area contributed by atoms with Gasteiger partial charge in [-0.25, -0.2) is 8.78 Å². The van der Waals surface area contributed by atoms with Gasteiger partial charge in [-0.15, -0.1) is 0 Å². The summed E-state index contributed by atoms with van der Waals surface area (Å²) in [6.07, 6.45) is 0.662. The summed E-state index contributed by atoms with van der Waals surface area (Å²) in [6.45, 7) is 1.43. The Morgan fingerprint density at radius 2 is 2.07 bits per heavy atom. The van der Waals surface area contributed by atoms with Gasteiger partial charge in [0.2, 0.25) is 11.2 Å². The van der Waals surface area contributed by atoms with Crippen LogP contribution in [0.25, 0.3) is 10.7 Å². The number of halogens is 2. The van der Waals surface area contributed by atoms with Gasteiger partial charge in [0.05, 0.1) is 5.56 Å². The van der Waals surface area contributed by atoms with Crippen LogP contribution in [0.1, 0.15) is 11.1 Å². The van der Waals surface area contributed by atoms with Crippen molar-refractivity contribution in [3.8, 4) is 0 Å². The lowest BCUT2D eigenvalue weighted by molar-refractivity contribution is 0.499. The van der Waals surface area contributed by atoms with E-state index in [-0.39, 0.29) is 11.1 Å². The number of rotatable bonds is 1. The van der Waals surface area contributed by atoms with Crippen LogP contribution < -0.4 is 0 Å². The van der Waals surface area contributed by atoms with Gasteiger partial charge in [-0.05, 0) is 18.6 Å². The fraction of sp³-hybridized carbons (Fsp3) is 0.111. The van der Waals surface area contributed by atoms with E-state index < -0.39 is 17.4 Å². The molecule has 3 nitrogen and oxygen atoms in total. The molecule has 0 aliphatic rings. The van der Waals surface area contributed by atoms with Crippen LogP contribution in [0.2, 0.25) is 0 Å². The van der Waals surface area contributed by atoms with E-state index >= 15 is 0 Å². The molecule has 0 saturated carbocycles. The lowest BCUT2D eigenvalue weighted by Crippen LogP contribution is -1.93. The van der Waals surface area contributed by atoms with Crippen LogP contribution in [0.3, 0.4) is 0 Å². The molecule has 0 aromatic heterocycles. The van der Waals surface area contributed by atoms with Gasteiger partial charge < -0.3 is 5.11 Å². The first-order chi connectivity index (χ1) is 6.56. The largest absolute Gasteiger partial charge is 0.501 e. The Kier molecular flexibility index (Phi) is 2.77. The average molecular weight is 197 g/mol. The summed E-state index contributed by atoms with van der Waals surface area (Å²) in [7, 11) is 0. The highest BCUT2D eigenvalue weighted by molar-refractivity contribution is 5.60. The zero-order valence-corrected chi connectivity index (χ0v) is 7.33. The van der Waals surface area contributed by atoms with Crippen molar-refractivity contribution in [1.82, 2.24) is 0 Å². The van der Waals surface area contributed by atoms with Crippen molar-refractivity contribution in [1.29, 1.82) is 5.39 Å². The van der Waals surface area contributed by atoms with E-state index in [1.807, 2.05) is 0 Å². The van der Waals surface area contributed by atoms with Crippen molar-refractivity contribution in [2.75, 3.05) is 0 Å². The van der Waals surface area contributed by atoms with E-state index in [9.17, 15) is 8.78 Å². The van der Waals surface area contributed by atoms with Crippen molar-refractivity contribution in [2.24, 2.45) is 0 Å². The number of hydrogen-bond acceptors (Lipinski definition) is 2. The quantitative estimate of drug-likeness (QED) is 0.555. The maximum Gasteiger partial charge on any atom is 0.392 e. The first-order valence-electron chi connectivity index (χ1n) is 3.75. The number of nitrogens with zero attached hydrogens (tertiary/aromatic N) is 2. The minimum atomic E-state index is -0.912. The molecule has 0 amide bonds. The zero-order valence-electron chi connectivity index (χ0n) is 7.33. The SMILES string of the molecule is Cc1cc(/C(O)=C\[N+]#N)c(F)cc1F. The van der Waals surface area contributed by atoms with Crippen LogP contribution in [-0.4, -0.2) is 5.11 Å². The Morgan fingerprint density at radius 3 is 2.64 bits per heavy atom. The third-order valence-corrected chi connectivity index (χ3v) is 1.70. The van der Waals surface area contributed by atoms with Crippen LogP contribution >= 0.6 is 0 Å². The summed E-state index contributed by atoms with van der Waals surface area (Å²) in [6, 6.07) is 1.79. The molecule has 0 aliphatic heterocycles. The second-order valence-corrected chi connectivity index (χ2v) is 2.71. The van der Waals surface area contributed by atoms with E-state index in [1.165, 1.54) is 6.92 Å².